The molecule has 3 atom stereocenters. The van der Waals surface area contributed by atoms with E-state index in [-0.39, 0.29) is 25.4 Å². The third-order valence-corrected chi connectivity index (χ3v) is 5.17. The van der Waals surface area contributed by atoms with Crippen LogP contribution in [0.15, 0.2) is 0 Å². The van der Waals surface area contributed by atoms with Gasteiger partial charge in [0.2, 0.25) is 5.91 Å². The van der Waals surface area contributed by atoms with E-state index in [4.69, 9.17) is 0 Å². The normalized spacial score (nSPS) is 28.4. The molecule has 23 heavy (non-hydrogen) atoms. The first-order valence-corrected chi connectivity index (χ1v) is 7.95. The lowest BCUT2D eigenvalue weighted by molar-refractivity contribution is -0.226. The highest BCUT2D eigenvalue weighted by molar-refractivity contribution is 5.86. The molecule has 1 N–H and O–H groups in total. The fourth-order valence-electron chi connectivity index (χ4n) is 3.80. The number of amides is 3. The first-order chi connectivity index (χ1) is 10.6. The minimum atomic E-state index is -4.30. The van der Waals surface area contributed by atoms with E-state index in [0.29, 0.717) is 19.3 Å². The number of hydrogen-bond acceptors (Lipinski definition) is 2. The van der Waals surface area contributed by atoms with Crippen LogP contribution in [0.2, 0.25) is 0 Å². The molecule has 0 aromatic heterocycles. The fraction of sp³-hybridized carbons (Fsp3) is 0.867. The van der Waals surface area contributed by atoms with Crippen molar-refractivity contribution in [2.24, 2.45) is 11.3 Å². The molecule has 0 aromatic carbocycles. The Morgan fingerprint density at radius 3 is 2.52 bits per heavy atom. The van der Waals surface area contributed by atoms with Gasteiger partial charge in [0.05, 0.1) is 5.41 Å². The van der Waals surface area contributed by atoms with Crippen LogP contribution in [-0.4, -0.2) is 61.1 Å². The summed E-state index contributed by atoms with van der Waals surface area (Å²) in [7, 11) is 3.16. The van der Waals surface area contributed by atoms with Gasteiger partial charge in [-0.25, -0.2) is 4.79 Å². The summed E-state index contributed by atoms with van der Waals surface area (Å²) in [5, 5.41) is 2.58. The second kappa shape index (κ2) is 6.20. The maximum atomic E-state index is 13.5. The van der Waals surface area contributed by atoms with E-state index in [9.17, 15) is 22.8 Å². The van der Waals surface area contributed by atoms with E-state index < -0.39 is 29.6 Å². The summed E-state index contributed by atoms with van der Waals surface area (Å²) in [6.07, 6.45) is -2.77. The van der Waals surface area contributed by atoms with Gasteiger partial charge in [0.15, 0.2) is 0 Å². The van der Waals surface area contributed by atoms with E-state index in [1.807, 2.05) is 0 Å². The summed E-state index contributed by atoms with van der Waals surface area (Å²) in [6, 6.07) is -1.29. The van der Waals surface area contributed by atoms with Crippen molar-refractivity contribution >= 4 is 11.9 Å². The van der Waals surface area contributed by atoms with Crippen LogP contribution in [0.5, 0.6) is 0 Å². The molecule has 1 saturated carbocycles. The van der Waals surface area contributed by atoms with Crippen molar-refractivity contribution in [3.63, 3.8) is 0 Å². The van der Waals surface area contributed by atoms with Crippen molar-refractivity contribution in [2.45, 2.75) is 44.8 Å². The van der Waals surface area contributed by atoms with Crippen molar-refractivity contribution in [2.75, 3.05) is 27.2 Å². The number of likely N-dealkylation sites (tertiary alicyclic amines) is 1. The number of nitrogens with zero attached hydrogens (tertiary/aromatic N) is 2. The number of urea groups is 1. The third kappa shape index (κ3) is 3.12. The Hall–Kier alpha value is -1.47. The maximum absolute atomic E-state index is 13.5. The molecule has 5 nitrogen and oxygen atoms in total. The first-order valence-electron chi connectivity index (χ1n) is 7.95. The lowest BCUT2D eigenvalue weighted by Crippen LogP contribution is -2.51. The quantitative estimate of drug-likeness (QED) is 0.860. The van der Waals surface area contributed by atoms with E-state index in [2.05, 4.69) is 5.32 Å². The molecule has 1 aliphatic heterocycles. The molecule has 1 aliphatic carbocycles. The summed E-state index contributed by atoms with van der Waals surface area (Å²) in [4.78, 5) is 26.9. The maximum Gasteiger partial charge on any atom is 0.396 e. The molecule has 2 aliphatic rings. The van der Waals surface area contributed by atoms with Gasteiger partial charge in [-0.2, -0.15) is 13.2 Å². The molecule has 0 unspecified atom stereocenters. The van der Waals surface area contributed by atoms with Crippen LogP contribution < -0.4 is 5.32 Å². The van der Waals surface area contributed by atoms with Crippen molar-refractivity contribution in [3.8, 4) is 0 Å². The summed E-state index contributed by atoms with van der Waals surface area (Å²) in [5.74, 6) is -0.788. The van der Waals surface area contributed by atoms with Crippen molar-refractivity contribution in [3.05, 3.63) is 0 Å². The molecule has 1 saturated heterocycles. The van der Waals surface area contributed by atoms with Crippen LogP contribution in [0.3, 0.4) is 0 Å². The van der Waals surface area contributed by atoms with Crippen LogP contribution in [0.4, 0.5) is 18.0 Å². The number of fused-ring (bicyclic) bond motifs is 1. The minimum absolute atomic E-state index is 0.0821. The second-order valence-corrected chi connectivity index (χ2v) is 6.77. The zero-order valence-corrected chi connectivity index (χ0v) is 13.7. The third-order valence-electron chi connectivity index (χ3n) is 5.17. The van der Waals surface area contributed by atoms with Gasteiger partial charge in [-0.15, -0.1) is 0 Å². The van der Waals surface area contributed by atoms with Gasteiger partial charge in [0.25, 0.3) is 0 Å². The van der Waals surface area contributed by atoms with E-state index >= 15 is 0 Å². The highest BCUT2D eigenvalue weighted by Gasteiger charge is 2.65. The van der Waals surface area contributed by atoms with E-state index in [1.54, 1.807) is 21.0 Å². The van der Waals surface area contributed by atoms with Crippen LogP contribution in [0, 0.1) is 11.3 Å². The topological polar surface area (TPSA) is 52.7 Å². The van der Waals surface area contributed by atoms with E-state index in [0.717, 1.165) is 0 Å². The lowest BCUT2D eigenvalue weighted by Gasteiger charge is -2.31. The Kier molecular flexibility index (Phi) is 4.82. The molecule has 8 heteroatoms. The predicted octanol–water partition coefficient (Wildman–Crippen LogP) is 2.23. The predicted molar refractivity (Wildman–Crippen MR) is 78.7 cm³/mol. The fourth-order valence-corrected chi connectivity index (χ4v) is 3.80. The van der Waals surface area contributed by atoms with Gasteiger partial charge in [0, 0.05) is 27.2 Å². The smallest absolute Gasteiger partial charge is 0.347 e. The van der Waals surface area contributed by atoms with Crippen LogP contribution in [-0.2, 0) is 4.79 Å². The molecule has 0 aromatic rings. The molecule has 132 valence electrons. The summed E-state index contributed by atoms with van der Waals surface area (Å²) in [6.45, 7) is 1.56. The van der Waals surface area contributed by atoms with Gasteiger partial charge in [-0.3, -0.25) is 4.79 Å². The first kappa shape index (κ1) is 17.9. The standard InChI is InChI=1S/C15H24F3N3O2/c1-4-11(12(22)20(2)3)19-13(23)21-8-10-6-5-7-14(10,9-21)15(16,17)18/h10-11H,4-9H2,1-3H3,(H,19,23)/t10-,11+,14-/m0/s1. The van der Waals surface area contributed by atoms with Crippen LogP contribution in [0.1, 0.15) is 32.6 Å². The molecule has 2 fully saturated rings. The minimum Gasteiger partial charge on any atom is -0.347 e. The van der Waals surface area contributed by atoms with Crippen LogP contribution >= 0.6 is 0 Å². The Bertz CT molecular complexity index is 481. The average molecular weight is 335 g/mol. The van der Waals surface area contributed by atoms with Gasteiger partial charge < -0.3 is 15.1 Å². The van der Waals surface area contributed by atoms with Gasteiger partial charge in [0.1, 0.15) is 6.04 Å². The SMILES string of the molecule is CC[C@@H](NC(=O)N1C[C@@H]2CCC[C@]2(C(F)(F)F)C1)C(=O)N(C)C. The van der Waals surface area contributed by atoms with Crippen molar-refractivity contribution in [1.29, 1.82) is 0 Å². The Morgan fingerprint density at radius 2 is 2.04 bits per heavy atom. The summed E-state index contributed by atoms with van der Waals surface area (Å²) in [5.41, 5.74) is -1.77. The van der Waals surface area contributed by atoms with Gasteiger partial charge in [-0.1, -0.05) is 13.3 Å². The number of likely N-dealkylation sites (N-methyl/N-ethyl adjacent to an activating group) is 1. The van der Waals surface area contributed by atoms with Crippen LogP contribution in [0.25, 0.3) is 0 Å². The van der Waals surface area contributed by atoms with Crippen molar-refractivity contribution in [1.82, 2.24) is 15.1 Å². The number of alkyl halides is 3. The summed E-state index contributed by atoms with van der Waals surface area (Å²) < 4.78 is 40.5. The second-order valence-electron chi connectivity index (χ2n) is 6.77. The Morgan fingerprint density at radius 1 is 1.39 bits per heavy atom. The Balaban J connectivity index is 2.06. The molecule has 1 heterocycles. The van der Waals surface area contributed by atoms with Crippen molar-refractivity contribution < 1.29 is 22.8 Å². The monoisotopic (exact) mass is 335 g/mol. The molecule has 0 bridgehead atoms. The number of carbonyl (C=O) groups is 2. The number of halogens is 3. The largest absolute Gasteiger partial charge is 0.396 e. The molecular weight excluding hydrogens is 311 g/mol. The molecule has 0 spiro atoms. The summed E-state index contributed by atoms with van der Waals surface area (Å²) >= 11 is 0. The molecule has 3 amide bonds. The number of carbonyl (C=O) groups excluding carboxylic acids is 2. The molecule has 0 radical (unpaired) electrons. The number of nitrogens with one attached hydrogen (secondary N) is 1. The zero-order valence-electron chi connectivity index (χ0n) is 13.7. The van der Waals surface area contributed by atoms with E-state index in [1.165, 1.54) is 9.80 Å². The number of hydrogen-bond donors (Lipinski definition) is 1. The van der Waals surface area contributed by atoms with Gasteiger partial charge in [-0.05, 0) is 25.2 Å². The Labute approximate surface area is 134 Å². The van der Waals surface area contributed by atoms with Gasteiger partial charge >= 0.3 is 12.2 Å². The highest BCUT2D eigenvalue weighted by atomic mass is 19.4. The zero-order chi connectivity index (χ0) is 17.4. The highest BCUT2D eigenvalue weighted by Crippen LogP contribution is 2.57. The molecular formula is C15H24F3N3O2. The lowest BCUT2D eigenvalue weighted by atomic mass is 9.80. The number of rotatable bonds is 3. The average Bonchev–Trinajstić information content (AvgIpc) is 3.00. The molecule has 2 rings (SSSR count).